The summed E-state index contributed by atoms with van der Waals surface area (Å²) in [5.41, 5.74) is 8.32. The fourth-order valence-electron chi connectivity index (χ4n) is 1.95. The van der Waals surface area contributed by atoms with Crippen LogP contribution in [0.4, 0.5) is 5.95 Å². The first-order valence-electron chi connectivity index (χ1n) is 5.53. The standard InChI is InChI=1S/C13H12N4O/c1-18-11-5-3-2-4-10(11)9-6-7-17-12(8-9)15-13(14)16-17/h2-8H,1H3,(H2,14,16). The molecule has 0 aliphatic carbocycles. The molecule has 0 fully saturated rings. The third kappa shape index (κ3) is 1.66. The van der Waals surface area contributed by atoms with Crippen molar-refractivity contribution in [3.05, 3.63) is 42.6 Å². The van der Waals surface area contributed by atoms with Crippen LogP contribution in [0.25, 0.3) is 16.8 Å². The molecular weight excluding hydrogens is 228 g/mol. The molecule has 1 aromatic carbocycles. The number of para-hydroxylation sites is 1. The lowest BCUT2D eigenvalue weighted by atomic mass is 10.1. The molecule has 3 rings (SSSR count). The molecule has 0 aliphatic heterocycles. The average Bonchev–Trinajstić information content (AvgIpc) is 2.77. The predicted molar refractivity (Wildman–Crippen MR) is 69.4 cm³/mol. The number of anilines is 1. The number of hydrogen-bond acceptors (Lipinski definition) is 4. The fraction of sp³-hybridized carbons (Fsp3) is 0.0769. The Kier molecular flexibility index (Phi) is 2.37. The van der Waals surface area contributed by atoms with Crippen LogP contribution in [0, 0.1) is 0 Å². The van der Waals surface area contributed by atoms with Crippen LogP contribution >= 0.6 is 0 Å². The summed E-state index contributed by atoms with van der Waals surface area (Å²) in [5, 5.41) is 4.04. The number of fused-ring (bicyclic) bond motifs is 1. The van der Waals surface area contributed by atoms with Crippen molar-refractivity contribution in [1.82, 2.24) is 14.6 Å². The molecule has 5 heteroatoms. The highest BCUT2D eigenvalue weighted by Crippen LogP contribution is 2.29. The van der Waals surface area contributed by atoms with E-state index in [1.165, 1.54) is 0 Å². The van der Waals surface area contributed by atoms with E-state index in [4.69, 9.17) is 10.5 Å². The van der Waals surface area contributed by atoms with Gasteiger partial charge in [0, 0.05) is 11.8 Å². The minimum atomic E-state index is 0.271. The Bertz CT molecular complexity index is 705. The Morgan fingerprint density at radius 3 is 2.89 bits per heavy atom. The van der Waals surface area contributed by atoms with Crippen LogP contribution in [0.15, 0.2) is 42.6 Å². The van der Waals surface area contributed by atoms with Crippen molar-refractivity contribution >= 4 is 11.6 Å². The zero-order valence-electron chi connectivity index (χ0n) is 9.87. The predicted octanol–water partition coefficient (Wildman–Crippen LogP) is 1.99. The van der Waals surface area contributed by atoms with Gasteiger partial charge in [0.1, 0.15) is 5.75 Å². The van der Waals surface area contributed by atoms with Crippen molar-refractivity contribution in [3.8, 4) is 16.9 Å². The van der Waals surface area contributed by atoms with Crippen LogP contribution in [0.1, 0.15) is 0 Å². The van der Waals surface area contributed by atoms with E-state index in [0.717, 1.165) is 22.5 Å². The lowest BCUT2D eigenvalue weighted by molar-refractivity contribution is 0.416. The van der Waals surface area contributed by atoms with Gasteiger partial charge in [0.25, 0.3) is 0 Å². The number of methoxy groups -OCH3 is 1. The Labute approximate surface area is 104 Å². The van der Waals surface area contributed by atoms with Crippen LogP contribution in [0.3, 0.4) is 0 Å². The molecule has 0 saturated carbocycles. The largest absolute Gasteiger partial charge is 0.496 e. The van der Waals surface area contributed by atoms with E-state index < -0.39 is 0 Å². The monoisotopic (exact) mass is 240 g/mol. The van der Waals surface area contributed by atoms with Crippen LogP contribution in [0.2, 0.25) is 0 Å². The van der Waals surface area contributed by atoms with Gasteiger partial charge in [-0.2, -0.15) is 4.98 Å². The number of nitrogens with two attached hydrogens (primary N) is 1. The van der Waals surface area contributed by atoms with Gasteiger partial charge in [-0.25, -0.2) is 4.52 Å². The fourth-order valence-corrected chi connectivity index (χ4v) is 1.95. The van der Waals surface area contributed by atoms with Crippen LogP contribution in [0.5, 0.6) is 5.75 Å². The highest BCUT2D eigenvalue weighted by Gasteiger charge is 2.07. The third-order valence-electron chi connectivity index (χ3n) is 2.77. The molecule has 3 aromatic rings. The van der Waals surface area contributed by atoms with Crippen molar-refractivity contribution in [1.29, 1.82) is 0 Å². The summed E-state index contributed by atoms with van der Waals surface area (Å²) in [5.74, 6) is 1.10. The first kappa shape index (κ1) is 10.6. The second-order valence-corrected chi connectivity index (χ2v) is 3.89. The van der Waals surface area contributed by atoms with Crippen molar-refractivity contribution in [2.24, 2.45) is 0 Å². The molecule has 18 heavy (non-hydrogen) atoms. The van der Waals surface area contributed by atoms with Crippen LogP contribution < -0.4 is 10.5 Å². The highest BCUT2D eigenvalue weighted by molar-refractivity contribution is 5.73. The van der Waals surface area contributed by atoms with Gasteiger partial charge in [0.05, 0.1) is 7.11 Å². The molecule has 0 unspecified atom stereocenters. The average molecular weight is 240 g/mol. The maximum Gasteiger partial charge on any atom is 0.240 e. The van der Waals surface area contributed by atoms with Crippen molar-refractivity contribution in [2.75, 3.05) is 12.8 Å². The molecule has 0 aliphatic rings. The summed E-state index contributed by atoms with van der Waals surface area (Å²) >= 11 is 0. The molecule has 5 nitrogen and oxygen atoms in total. The summed E-state index contributed by atoms with van der Waals surface area (Å²) in [6.07, 6.45) is 1.83. The molecule has 2 N–H and O–H groups in total. The number of rotatable bonds is 2. The highest BCUT2D eigenvalue weighted by atomic mass is 16.5. The summed E-state index contributed by atoms with van der Waals surface area (Å²) < 4.78 is 7.00. The number of nitrogens with zero attached hydrogens (tertiary/aromatic N) is 3. The van der Waals surface area contributed by atoms with E-state index >= 15 is 0 Å². The van der Waals surface area contributed by atoms with E-state index in [9.17, 15) is 0 Å². The lowest BCUT2D eigenvalue weighted by Crippen LogP contribution is -1.91. The van der Waals surface area contributed by atoms with Crippen LogP contribution in [-0.2, 0) is 0 Å². The molecule has 2 aromatic heterocycles. The molecule has 0 saturated heterocycles. The van der Waals surface area contributed by atoms with Gasteiger partial charge in [-0.3, -0.25) is 0 Å². The Hall–Kier alpha value is -2.56. The van der Waals surface area contributed by atoms with Gasteiger partial charge >= 0.3 is 0 Å². The minimum Gasteiger partial charge on any atom is -0.496 e. The quantitative estimate of drug-likeness (QED) is 0.744. The van der Waals surface area contributed by atoms with E-state index in [0.29, 0.717) is 0 Å². The van der Waals surface area contributed by atoms with Gasteiger partial charge in [-0.1, -0.05) is 18.2 Å². The van der Waals surface area contributed by atoms with Gasteiger partial charge in [0.15, 0.2) is 5.65 Å². The molecular formula is C13H12N4O. The molecule has 0 spiro atoms. The normalized spacial score (nSPS) is 10.7. The van der Waals surface area contributed by atoms with Gasteiger partial charge in [0.2, 0.25) is 5.95 Å². The number of pyridine rings is 1. The summed E-state index contributed by atoms with van der Waals surface area (Å²) in [6.45, 7) is 0. The first-order valence-corrected chi connectivity index (χ1v) is 5.53. The maximum absolute atomic E-state index is 5.57. The van der Waals surface area contributed by atoms with Gasteiger partial charge in [-0.05, 0) is 23.8 Å². The van der Waals surface area contributed by atoms with Crippen molar-refractivity contribution < 1.29 is 4.74 Å². The number of hydrogen-bond donors (Lipinski definition) is 1. The molecule has 0 atom stereocenters. The molecule has 90 valence electrons. The molecule has 2 heterocycles. The maximum atomic E-state index is 5.57. The topological polar surface area (TPSA) is 65.4 Å². The Balaban J connectivity index is 2.18. The Morgan fingerprint density at radius 2 is 2.06 bits per heavy atom. The minimum absolute atomic E-state index is 0.271. The van der Waals surface area contributed by atoms with E-state index in [2.05, 4.69) is 10.1 Å². The molecule has 0 amide bonds. The SMILES string of the molecule is COc1ccccc1-c1ccn2nc(N)nc2c1. The molecule has 0 bridgehead atoms. The van der Waals surface area contributed by atoms with Gasteiger partial charge < -0.3 is 10.5 Å². The number of benzene rings is 1. The van der Waals surface area contributed by atoms with E-state index in [1.807, 2.05) is 42.6 Å². The van der Waals surface area contributed by atoms with E-state index in [1.54, 1.807) is 11.6 Å². The Morgan fingerprint density at radius 1 is 1.22 bits per heavy atom. The zero-order valence-corrected chi connectivity index (χ0v) is 9.87. The second kappa shape index (κ2) is 4.03. The van der Waals surface area contributed by atoms with Crippen molar-refractivity contribution in [3.63, 3.8) is 0 Å². The first-order chi connectivity index (χ1) is 8.78. The van der Waals surface area contributed by atoms with Crippen molar-refractivity contribution in [2.45, 2.75) is 0 Å². The summed E-state index contributed by atoms with van der Waals surface area (Å²) in [7, 11) is 1.66. The third-order valence-corrected chi connectivity index (χ3v) is 2.77. The van der Waals surface area contributed by atoms with E-state index in [-0.39, 0.29) is 5.95 Å². The van der Waals surface area contributed by atoms with Crippen LogP contribution in [-0.4, -0.2) is 21.7 Å². The number of ether oxygens (including phenoxy) is 1. The zero-order chi connectivity index (χ0) is 12.5. The van der Waals surface area contributed by atoms with Gasteiger partial charge in [-0.15, -0.1) is 5.10 Å². The molecule has 0 radical (unpaired) electrons. The summed E-state index contributed by atoms with van der Waals surface area (Å²) in [6, 6.07) is 11.7. The summed E-state index contributed by atoms with van der Waals surface area (Å²) in [4.78, 5) is 4.14. The lowest BCUT2D eigenvalue weighted by Gasteiger charge is -2.07. The second-order valence-electron chi connectivity index (χ2n) is 3.89. The number of aromatic nitrogens is 3. The smallest absolute Gasteiger partial charge is 0.240 e. The number of nitrogen functional groups attached to an aromatic ring is 1.